The molecule has 19 heavy (non-hydrogen) atoms. The van der Waals surface area contributed by atoms with Crippen LogP contribution in [0, 0.1) is 5.92 Å². The van der Waals surface area contributed by atoms with Crippen LogP contribution in [-0.2, 0) is 10.0 Å². The van der Waals surface area contributed by atoms with Crippen molar-refractivity contribution in [1.82, 2.24) is 9.29 Å². The molecule has 0 bridgehead atoms. The van der Waals surface area contributed by atoms with Crippen LogP contribution in [-0.4, -0.2) is 42.0 Å². The molecule has 0 saturated carbocycles. The number of sulfonamides is 1. The maximum absolute atomic E-state index is 12.5. The van der Waals surface area contributed by atoms with Crippen LogP contribution in [0.25, 0.3) is 0 Å². The van der Waals surface area contributed by atoms with Gasteiger partial charge in [0, 0.05) is 12.7 Å². The van der Waals surface area contributed by atoms with E-state index in [0.29, 0.717) is 6.54 Å². The van der Waals surface area contributed by atoms with Crippen molar-refractivity contribution in [2.75, 3.05) is 18.9 Å². The van der Waals surface area contributed by atoms with Gasteiger partial charge in [-0.2, -0.15) is 4.31 Å². The van der Waals surface area contributed by atoms with E-state index in [4.69, 9.17) is 17.3 Å². The molecule has 1 aliphatic heterocycles. The number of nitrogens with two attached hydrogens (primary N) is 1. The van der Waals surface area contributed by atoms with Crippen molar-refractivity contribution in [2.24, 2.45) is 5.92 Å². The first kappa shape index (κ1) is 14.5. The van der Waals surface area contributed by atoms with Gasteiger partial charge in [0.15, 0.2) is 0 Å². The number of halogens is 1. The highest BCUT2D eigenvalue weighted by atomic mass is 35.5. The minimum atomic E-state index is -3.70. The van der Waals surface area contributed by atoms with Gasteiger partial charge in [0.1, 0.15) is 10.7 Å². The highest BCUT2D eigenvalue weighted by Crippen LogP contribution is 2.31. The molecule has 1 saturated heterocycles. The summed E-state index contributed by atoms with van der Waals surface area (Å²) < 4.78 is 26.3. The molecule has 2 rings (SSSR count). The molecule has 0 amide bonds. The maximum Gasteiger partial charge on any atom is 0.245 e. The summed E-state index contributed by atoms with van der Waals surface area (Å²) in [5, 5.41) is 9.45. The van der Waals surface area contributed by atoms with E-state index in [1.807, 2.05) is 6.92 Å². The van der Waals surface area contributed by atoms with Gasteiger partial charge in [-0.25, -0.2) is 13.4 Å². The first-order valence-corrected chi connectivity index (χ1v) is 7.73. The van der Waals surface area contributed by atoms with Crippen LogP contribution < -0.4 is 5.73 Å². The Labute approximate surface area is 117 Å². The van der Waals surface area contributed by atoms with Gasteiger partial charge in [-0.15, -0.1) is 0 Å². The SMILES string of the molecule is CC1CCN(S(=O)(=O)c2cnc(N)c(Cl)c2)C1CO. The molecular weight excluding hydrogens is 290 g/mol. The molecule has 1 aromatic heterocycles. The highest BCUT2D eigenvalue weighted by molar-refractivity contribution is 7.89. The Morgan fingerprint density at radius 3 is 2.89 bits per heavy atom. The maximum atomic E-state index is 12.5. The topological polar surface area (TPSA) is 96.5 Å². The molecule has 0 spiro atoms. The first-order chi connectivity index (χ1) is 8.87. The number of rotatable bonds is 3. The summed E-state index contributed by atoms with van der Waals surface area (Å²) in [6.45, 7) is 2.11. The van der Waals surface area contributed by atoms with E-state index in [1.54, 1.807) is 0 Å². The average Bonchev–Trinajstić information content (AvgIpc) is 2.74. The van der Waals surface area contributed by atoms with Crippen molar-refractivity contribution in [3.05, 3.63) is 17.3 Å². The second-order valence-electron chi connectivity index (χ2n) is 4.67. The monoisotopic (exact) mass is 305 g/mol. The van der Waals surface area contributed by atoms with E-state index >= 15 is 0 Å². The van der Waals surface area contributed by atoms with E-state index in [1.165, 1.54) is 16.6 Å². The van der Waals surface area contributed by atoms with E-state index in [-0.39, 0.29) is 28.3 Å². The molecule has 2 heterocycles. The number of aromatic nitrogens is 1. The Kier molecular flexibility index (Phi) is 4.00. The van der Waals surface area contributed by atoms with Crippen LogP contribution in [0.5, 0.6) is 0 Å². The van der Waals surface area contributed by atoms with Gasteiger partial charge < -0.3 is 10.8 Å². The molecule has 2 atom stereocenters. The van der Waals surface area contributed by atoms with E-state index in [9.17, 15) is 13.5 Å². The zero-order valence-corrected chi connectivity index (χ0v) is 12.0. The third-order valence-electron chi connectivity index (χ3n) is 3.47. The number of hydrogen-bond donors (Lipinski definition) is 2. The van der Waals surface area contributed by atoms with Gasteiger partial charge in [0.05, 0.1) is 17.7 Å². The third kappa shape index (κ3) is 2.55. The fourth-order valence-corrected chi connectivity index (χ4v) is 4.18. The van der Waals surface area contributed by atoms with Crippen molar-refractivity contribution in [3.8, 4) is 0 Å². The van der Waals surface area contributed by atoms with Crippen molar-refractivity contribution < 1.29 is 13.5 Å². The van der Waals surface area contributed by atoms with Crippen LogP contribution in [0.3, 0.4) is 0 Å². The number of aliphatic hydroxyl groups excluding tert-OH is 1. The molecule has 3 N–H and O–H groups in total. The summed E-state index contributed by atoms with van der Waals surface area (Å²) in [6, 6.07) is 0.887. The van der Waals surface area contributed by atoms with Crippen LogP contribution in [0.4, 0.5) is 5.82 Å². The quantitative estimate of drug-likeness (QED) is 0.857. The fourth-order valence-electron chi connectivity index (χ4n) is 2.25. The molecule has 1 fully saturated rings. The Hall–Kier alpha value is -0.890. The molecule has 0 radical (unpaired) electrons. The predicted octanol–water partition coefficient (Wildman–Crippen LogP) is 0.709. The summed E-state index contributed by atoms with van der Waals surface area (Å²) in [4.78, 5) is 3.76. The van der Waals surface area contributed by atoms with Crippen molar-refractivity contribution >= 4 is 27.4 Å². The second kappa shape index (κ2) is 5.24. The van der Waals surface area contributed by atoms with E-state index in [0.717, 1.165) is 6.42 Å². The lowest BCUT2D eigenvalue weighted by atomic mass is 10.0. The number of nitrogens with zero attached hydrogens (tertiary/aromatic N) is 2. The summed E-state index contributed by atoms with van der Waals surface area (Å²) in [7, 11) is -3.70. The Morgan fingerprint density at radius 2 is 2.32 bits per heavy atom. The van der Waals surface area contributed by atoms with Gasteiger partial charge in [-0.05, 0) is 18.4 Å². The largest absolute Gasteiger partial charge is 0.395 e. The van der Waals surface area contributed by atoms with Gasteiger partial charge in [0.25, 0.3) is 0 Å². The number of anilines is 1. The molecule has 1 aliphatic rings. The Balaban J connectivity index is 2.39. The van der Waals surface area contributed by atoms with Gasteiger partial charge in [-0.3, -0.25) is 0 Å². The Bertz CT molecular complexity index is 579. The van der Waals surface area contributed by atoms with Gasteiger partial charge >= 0.3 is 0 Å². The molecule has 0 aromatic carbocycles. The lowest BCUT2D eigenvalue weighted by Gasteiger charge is -2.24. The second-order valence-corrected chi connectivity index (χ2v) is 6.97. The third-order valence-corrected chi connectivity index (χ3v) is 5.66. The molecule has 2 unspecified atom stereocenters. The zero-order valence-electron chi connectivity index (χ0n) is 10.5. The number of aliphatic hydroxyl groups is 1. The Morgan fingerprint density at radius 1 is 1.63 bits per heavy atom. The van der Waals surface area contributed by atoms with Crippen LogP contribution in [0.15, 0.2) is 17.2 Å². The van der Waals surface area contributed by atoms with Gasteiger partial charge in [-0.1, -0.05) is 18.5 Å². The molecule has 106 valence electrons. The van der Waals surface area contributed by atoms with Crippen molar-refractivity contribution in [3.63, 3.8) is 0 Å². The van der Waals surface area contributed by atoms with Crippen LogP contribution in [0.2, 0.25) is 5.02 Å². The lowest BCUT2D eigenvalue weighted by molar-refractivity contribution is 0.191. The van der Waals surface area contributed by atoms with E-state index in [2.05, 4.69) is 4.98 Å². The molecule has 1 aromatic rings. The van der Waals surface area contributed by atoms with Crippen LogP contribution in [0.1, 0.15) is 13.3 Å². The van der Waals surface area contributed by atoms with E-state index < -0.39 is 16.1 Å². The van der Waals surface area contributed by atoms with Crippen molar-refractivity contribution in [2.45, 2.75) is 24.3 Å². The molecule has 0 aliphatic carbocycles. The molecule has 8 heteroatoms. The minimum absolute atomic E-state index is 0.000694. The summed E-state index contributed by atoms with van der Waals surface area (Å²) >= 11 is 5.81. The standard InChI is InChI=1S/C11H16ClN3O3S/c1-7-2-3-15(10(7)6-16)19(17,18)8-4-9(12)11(13)14-5-8/h4-5,7,10,16H,2-3,6H2,1H3,(H2,13,14). The average molecular weight is 306 g/mol. The minimum Gasteiger partial charge on any atom is -0.395 e. The van der Waals surface area contributed by atoms with Gasteiger partial charge in [0.2, 0.25) is 10.0 Å². The summed E-state index contributed by atoms with van der Waals surface area (Å²) in [5.74, 6) is 0.214. The lowest BCUT2D eigenvalue weighted by Crippen LogP contribution is -2.39. The zero-order chi connectivity index (χ0) is 14.2. The molecule has 6 nitrogen and oxygen atoms in total. The number of nitrogen functional groups attached to an aromatic ring is 1. The molecular formula is C11H16ClN3O3S. The summed E-state index contributed by atoms with van der Waals surface area (Å²) in [6.07, 6.45) is 1.91. The summed E-state index contributed by atoms with van der Waals surface area (Å²) in [5.41, 5.74) is 5.47. The van der Waals surface area contributed by atoms with Crippen molar-refractivity contribution in [1.29, 1.82) is 0 Å². The predicted molar refractivity (Wildman–Crippen MR) is 72.2 cm³/mol. The smallest absolute Gasteiger partial charge is 0.245 e. The number of pyridine rings is 1. The number of hydrogen-bond acceptors (Lipinski definition) is 5. The fraction of sp³-hybridized carbons (Fsp3) is 0.545. The normalized spacial score (nSPS) is 24.8. The highest BCUT2D eigenvalue weighted by Gasteiger charge is 2.39. The first-order valence-electron chi connectivity index (χ1n) is 5.91. The van der Waals surface area contributed by atoms with Crippen LogP contribution >= 0.6 is 11.6 Å².